The molecule has 0 aromatic carbocycles. The summed E-state index contributed by atoms with van der Waals surface area (Å²) >= 11 is 0. The van der Waals surface area contributed by atoms with Gasteiger partial charge in [0.25, 0.3) is 0 Å². The van der Waals surface area contributed by atoms with Crippen molar-refractivity contribution in [1.82, 2.24) is 10.2 Å². The lowest BCUT2D eigenvalue weighted by Crippen LogP contribution is -2.49. The second kappa shape index (κ2) is 6.26. The number of nitrogens with one attached hydrogen (secondary N) is 1. The Kier molecular flexibility index (Phi) is 4.98. The highest BCUT2D eigenvalue weighted by Crippen LogP contribution is 2.18. The van der Waals surface area contributed by atoms with Crippen LogP contribution in [0, 0.1) is 12.3 Å². The van der Waals surface area contributed by atoms with E-state index in [1.165, 1.54) is 0 Å². The van der Waals surface area contributed by atoms with E-state index in [1.807, 2.05) is 6.92 Å². The Bertz CT molecular complexity index is 364. The normalized spacial score (nSPS) is 24.4. The molecule has 100 valence electrons. The molecule has 1 unspecified atom stereocenters. The Morgan fingerprint density at radius 2 is 2.28 bits per heavy atom. The van der Waals surface area contributed by atoms with Gasteiger partial charge in [-0.15, -0.1) is 12.3 Å². The zero-order chi connectivity index (χ0) is 13.7. The van der Waals surface area contributed by atoms with Crippen LogP contribution in [-0.2, 0) is 4.79 Å². The Balaban J connectivity index is 2.65. The average Bonchev–Trinajstić information content (AvgIpc) is 2.71. The van der Waals surface area contributed by atoms with Crippen LogP contribution < -0.4 is 5.32 Å². The summed E-state index contributed by atoms with van der Waals surface area (Å²) in [6, 6.07) is -1.63. The van der Waals surface area contributed by atoms with Gasteiger partial charge in [0.2, 0.25) is 0 Å². The van der Waals surface area contributed by atoms with Gasteiger partial charge in [-0.2, -0.15) is 0 Å². The highest BCUT2D eigenvalue weighted by Gasteiger charge is 2.39. The van der Waals surface area contributed by atoms with Gasteiger partial charge in [0.15, 0.2) is 0 Å². The predicted molar refractivity (Wildman–Crippen MR) is 64.8 cm³/mol. The molecule has 1 aliphatic rings. The first-order valence-corrected chi connectivity index (χ1v) is 5.91. The fourth-order valence-electron chi connectivity index (χ4n) is 1.97. The molecule has 2 amide bonds. The van der Waals surface area contributed by atoms with Crippen molar-refractivity contribution in [3.63, 3.8) is 0 Å². The Morgan fingerprint density at radius 3 is 2.78 bits per heavy atom. The molecule has 1 aliphatic heterocycles. The lowest BCUT2D eigenvalue weighted by molar-refractivity contribution is -0.141. The lowest BCUT2D eigenvalue weighted by Gasteiger charge is -2.24. The number of carbonyl (C=O) groups is 2. The van der Waals surface area contributed by atoms with Gasteiger partial charge in [0.05, 0.1) is 6.10 Å². The molecule has 18 heavy (non-hydrogen) atoms. The van der Waals surface area contributed by atoms with Crippen molar-refractivity contribution in [2.45, 2.75) is 44.4 Å². The molecule has 0 radical (unpaired) electrons. The van der Waals surface area contributed by atoms with Crippen LogP contribution in [0.25, 0.3) is 0 Å². The topological polar surface area (TPSA) is 89.9 Å². The second-order valence-corrected chi connectivity index (χ2v) is 4.36. The zero-order valence-electron chi connectivity index (χ0n) is 10.3. The maximum absolute atomic E-state index is 11.9. The Labute approximate surface area is 106 Å². The number of urea groups is 1. The van der Waals surface area contributed by atoms with Crippen LogP contribution in [0.1, 0.15) is 26.2 Å². The molecular formula is C12H18N2O4. The summed E-state index contributed by atoms with van der Waals surface area (Å²) < 4.78 is 0. The number of hydrogen-bond donors (Lipinski definition) is 3. The molecule has 6 nitrogen and oxygen atoms in total. The van der Waals surface area contributed by atoms with Crippen LogP contribution in [0.2, 0.25) is 0 Å². The highest BCUT2D eigenvalue weighted by molar-refractivity contribution is 5.83. The molecule has 6 heteroatoms. The summed E-state index contributed by atoms with van der Waals surface area (Å²) in [5, 5.41) is 21.1. The third kappa shape index (κ3) is 3.37. The van der Waals surface area contributed by atoms with Gasteiger partial charge in [-0.25, -0.2) is 9.59 Å². The van der Waals surface area contributed by atoms with Crippen molar-refractivity contribution in [3.8, 4) is 12.3 Å². The first-order valence-electron chi connectivity index (χ1n) is 5.91. The van der Waals surface area contributed by atoms with Crippen LogP contribution in [0.4, 0.5) is 4.79 Å². The van der Waals surface area contributed by atoms with Crippen molar-refractivity contribution in [2.24, 2.45) is 0 Å². The van der Waals surface area contributed by atoms with E-state index in [0.29, 0.717) is 12.8 Å². The minimum Gasteiger partial charge on any atom is -0.480 e. The summed E-state index contributed by atoms with van der Waals surface area (Å²) in [5.74, 6) is 1.35. The largest absolute Gasteiger partial charge is 0.480 e. The van der Waals surface area contributed by atoms with Crippen LogP contribution in [0.3, 0.4) is 0 Å². The van der Waals surface area contributed by atoms with E-state index in [2.05, 4.69) is 11.2 Å². The molecule has 1 rings (SSSR count). The van der Waals surface area contributed by atoms with Gasteiger partial charge in [0.1, 0.15) is 6.04 Å². The quantitative estimate of drug-likeness (QED) is 0.617. The minimum atomic E-state index is -1.10. The molecule has 1 heterocycles. The zero-order valence-corrected chi connectivity index (χ0v) is 10.3. The fourth-order valence-corrected chi connectivity index (χ4v) is 1.97. The number of aliphatic hydroxyl groups excluding tert-OH is 1. The number of terminal acetylenes is 1. The number of carboxylic acid groups (broad SMARTS) is 1. The monoisotopic (exact) mass is 254 g/mol. The number of rotatable bonds is 4. The summed E-state index contributed by atoms with van der Waals surface area (Å²) in [5.41, 5.74) is 0. The van der Waals surface area contributed by atoms with Crippen LogP contribution in [-0.4, -0.2) is 51.8 Å². The predicted octanol–water partition coefficient (Wildman–Crippen LogP) is 0.0177. The van der Waals surface area contributed by atoms with Crippen molar-refractivity contribution in [2.75, 3.05) is 6.54 Å². The lowest BCUT2D eigenvalue weighted by atomic mass is 10.1. The van der Waals surface area contributed by atoms with Crippen LogP contribution in [0.5, 0.6) is 0 Å². The number of amides is 2. The number of nitrogens with zero attached hydrogens (tertiary/aromatic N) is 1. The number of β-amino-alcohol motifs (C(OH)–C–C–N with tert-alkyl or cyclic N) is 1. The van der Waals surface area contributed by atoms with E-state index in [4.69, 9.17) is 11.5 Å². The molecule has 0 aliphatic carbocycles. The van der Waals surface area contributed by atoms with Gasteiger partial charge in [-0.05, 0) is 6.42 Å². The first-order chi connectivity index (χ1) is 8.49. The molecule has 1 saturated heterocycles. The fraction of sp³-hybridized carbons (Fsp3) is 0.667. The molecular weight excluding hydrogens is 236 g/mol. The second-order valence-electron chi connectivity index (χ2n) is 4.36. The highest BCUT2D eigenvalue weighted by atomic mass is 16.4. The van der Waals surface area contributed by atoms with Crippen molar-refractivity contribution in [3.05, 3.63) is 0 Å². The molecule has 3 atom stereocenters. The molecule has 0 aromatic rings. The maximum atomic E-state index is 11.9. The van der Waals surface area contributed by atoms with Crippen molar-refractivity contribution in [1.29, 1.82) is 0 Å². The van der Waals surface area contributed by atoms with E-state index in [0.717, 1.165) is 4.90 Å². The SMILES string of the molecule is C#CCC(CC)NC(=O)N1C[C@H](O)C[C@@H]1C(=O)O. The van der Waals surface area contributed by atoms with Crippen molar-refractivity contribution < 1.29 is 19.8 Å². The molecule has 3 N–H and O–H groups in total. The van der Waals surface area contributed by atoms with E-state index in [-0.39, 0.29) is 19.0 Å². The molecule has 0 spiro atoms. The third-order valence-electron chi connectivity index (χ3n) is 3.01. The Morgan fingerprint density at radius 1 is 1.61 bits per heavy atom. The van der Waals surface area contributed by atoms with E-state index < -0.39 is 24.1 Å². The summed E-state index contributed by atoms with van der Waals surface area (Å²) in [4.78, 5) is 24.0. The van der Waals surface area contributed by atoms with Crippen LogP contribution >= 0.6 is 0 Å². The molecule has 0 saturated carbocycles. The van der Waals surface area contributed by atoms with Gasteiger partial charge < -0.3 is 20.4 Å². The number of likely N-dealkylation sites (tertiary alicyclic amines) is 1. The number of carboxylic acids is 1. The summed E-state index contributed by atoms with van der Waals surface area (Å²) in [7, 11) is 0. The minimum absolute atomic E-state index is 0.0370. The molecule has 0 bridgehead atoms. The number of hydrogen-bond acceptors (Lipinski definition) is 3. The van der Waals surface area contributed by atoms with Gasteiger partial charge >= 0.3 is 12.0 Å². The standard InChI is InChI=1S/C12H18N2O4/c1-3-5-8(4-2)13-12(18)14-7-9(15)6-10(14)11(16)17/h1,8-10,15H,4-7H2,2H3,(H,13,18)(H,16,17)/t8?,9-,10-/m1/s1. The third-order valence-corrected chi connectivity index (χ3v) is 3.01. The van der Waals surface area contributed by atoms with Crippen LogP contribution in [0.15, 0.2) is 0 Å². The smallest absolute Gasteiger partial charge is 0.326 e. The van der Waals surface area contributed by atoms with Gasteiger partial charge in [-0.3, -0.25) is 0 Å². The van der Waals surface area contributed by atoms with Crippen molar-refractivity contribution >= 4 is 12.0 Å². The van der Waals surface area contributed by atoms with Gasteiger partial charge in [0, 0.05) is 25.4 Å². The first kappa shape index (κ1) is 14.3. The summed E-state index contributed by atoms with van der Waals surface area (Å²) in [6.07, 6.45) is 5.53. The molecule has 0 aromatic heterocycles. The number of aliphatic carboxylic acids is 1. The van der Waals surface area contributed by atoms with E-state index in [1.54, 1.807) is 0 Å². The number of aliphatic hydroxyl groups is 1. The average molecular weight is 254 g/mol. The number of carbonyl (C=O) groups excluding carboxylic acids is 1. The van der Waals surface area contributed by atoms with Gasteiger partial charge in [-0.1, -0.05) is 6.92 Å². The Hall–Kier alpha value is -1.74. The van der Waals surface area contributed by atoms with E-state index in [9.17, 15) is 14.7 Å². The maximum Gasteiger partial charge on any atom is 0.326 e. The van der Waals surface area contributed by atoms with E-state index >= 15 is 0 Å². The summed E-state index contributed by atoms with van der Waals surface area (Å²) in [6.45, 7) is 1.92. The molecule has 1 fully saturated rings.